The molecular weight excluding hydrogens is 482 g/mol. The van der Waals surface area contributed by atoms with Crippen LogP contribution < -0.4 is 9.47 Å². The maximum absolute atomic E-state index is 13.7. The predicted molar refractivity (Wildman–Crippen MR) is 138 cm³/mol. The summed E-state index contributed by atoms with van der Waals surface area (Å²) in [4.78, 5) is 28.2. The largest absolute Gasteiger partial charge is 0.497 e. The summed E-state index contributed by atoms with van der Waals surface area (Å²) in [6.45, 7) is 2.82. The molecule has 0 saturated carbocycles. The lowest BCUT2D eigenvalue weighted by Gasteiger charge is -2.34. The zero-order chi connectivity index (χ0) is 25.7. The molecule has 4 rings (SSSR count). The maximum atomic E-state index is 13.7. The Hall–Kier alpha value is -3.10. The highest BCUT2D eigenvalue weighted by Crippen LogP contribution is 2.40. The smallest absolute Gasteiger partial charge is 0.323 e. The summed E-state index contributed by atoms with van der Waals surface area (Å²) in [5.74, 6) is 0.788. The third kappa shape index (κ3) is 5.50. The molecule has 0 N–H and O–H groups in total. The van der Waals surface area contributed by atoms with Gasteiger partial charge in [0.1, 0.15) is 17.5 Å². The first-order valence-electron chi connectivity index (χ1n) is 12.2. The lowest BCUT2D eigenvalue weighted by Crippen LogP contribution is -2.49. The van der Waals surface area contributed by atoms with Crippen LogP contribution in [0.5, 0.6) is 11.5 Å². The quantitative estimate of drug-likeness (QED) is 0.485. The van der Waals surface area contributed by atoms with Crippen LogP contribution in [-0.2, 0) is 14.3 Å². The Labute approximate surface area is 216 Å². The topological polar surface area (TPSA) is 80.7 Å². The van der Waals surface area contributed by atoms with Gasteiger partial charge in [0.2, 0.25) is 0 Å². The van der Waals surface area contributed by atoms with E-state index in [1.54, 1.807) is 27.2 Å². The van der Waals surface area contributed by atoms with Crippen molar-refractivity contribution in [3.63, 3.8) is 0 Å². The van der Waals surface area contributed by atoms with Crippen molar-refractivity contribution in [1.29, 1.82) is 0 Å². The zero-order valence-corrected chi connectivity index (χ0v) is 21.7. The summed E-state index contributed by atoms with van der Waals surface area (Å²) in [6, 6.07) is 12.2. The Kier molecular flexibility index (Phi) is 8.48. The summed E-state index contributed by atoms with van der Waals surface area (Å²) < 4.78 is 16.3. The first-order valence-corrected chi connectivity index (χ1v) is 12.6. The van der Waals surface area contributed by atoms with Gasteiger partial charge in [0, 0.05) is 28.6 Å². The molecule has 1 fully saturated rings. The number of piperidine rings is 1. The van der Waals surface area contributed by atoms with Gasteiger partial charge in [-0.1, -0.05) is 36.2 Å². The normalized spacial score (nSPS) is 20.1. The number of likely N-dealkylation sites (tertiary alicyclic amines) is 1. The molecule has 0 aromatic heterocycles. The van der Waals surface area contributed by atoms with E-state index in [0.717, 1.165) is 29.7 Å². The van der Waals surface area contributed by atoms with Gasteiger partial charge in [-0.2, -0.15) is 5.10 Å². The molecule has 0 bridgehead atoms. The fraction of sp³-hybridized carbons (Fsp3) is 0.444. The van der Waals surface area contributed by atoms with Crippen LogP contribution in [0.15, 0.2) is 47.6 Å². The molecule has 2 aliphatic heterocycles. The molecule has 1 saturated heterocycles. The Bertz CT molecular complexity index is 1140. The number of benzene rings is 2. The highest BCUT2D eigenvalue weighted by Gasteiger charge is 2.38. The minimum Gasteiger partial charge on any atom is -0.497 e. The number of esters is 1. The number of methoxy groups -OCH3 is 2. The lowest BCUT2D eigenvalue weighted by atomic mass is 9.97. The monoisotopic (exact) mass is 513 g/mol. The number of carbonyl (C=O) groups excluding carboxylic acids is 2. The van der Waals surface area contributed by atoms with Crippen LogP contribution >= 0.6 is 11.6 Å². The standard InChI is InChI=1S/C27H32ClN3O5/c1-4-36-27(33)23-11-7-8-14-30(23)17-26(32)31-24(20-13-12-18(34-2)15-25(20)35-3)16-22(29-31)19-9-5-6-10-21(19)28/h5-6,9-10,12-13,15,23-24H,4,7-8,11,14,16-17H2,1-3H3/t23-,24-/m1/s1. The third-order valence-corrected chi connectivity index (χ3v) is 6.99. The van der Waals surface area contributed by atoms with E-state index < -0.39 is 12.1 Å². The molecule has 1 amide bonds. The number of hydrazone groups is 1. The van der Waals surface area contributed by atoms with Crippen molar-refractivity contribution in [1.82, 2.24) is 9.91 Å². The molecular formula is C27H32ClN3O5. The second kappa shape index (κ2) is 11.8. The maximum Gasteiger partial charge on any atom is 0.323 e. The fourth-order valence-electron chi connectivity index (χ4n) is 4.87. The highest BCUT2D eigenvalue weighted by molar-refractivity contribution is 6.34. The van der Waals surface area contributed by atoms with Gasteiger partial charge in [-0.15, -0.1) is 0 Å². The molecule has 0 spiro atoms. The van der Waals surface area contributed by atoms with E-state index in [1.807, 2.05) is 41.3 Å². The van der Waals surface area contributed by atoms with Crippen molar-refractivity contribution in [2.45, 2.75) is 44.7 Å². The minimum atomic E-state index is -0.425. The molecule has 2 atom stereocenters. The summed E-state index contributed by atoms with van der Waals surface area (Å²) in [5.41, 5.74) is 2.32. The zero-order valence-electron chi connectivity index (χ0n) is 20.9. The van der Waals surface area contributed by atoms with E-state index in [2.05, 4.69) is 0 Å². The van der Waals surface area contributed by atoms with Gasteiger partial charge in [0.15, 0.2) is 0 Å². The summed E-state index contributed by atoms with van der Waals surface area (Å²) >= 11 is 6.48. The van der Waals surface area contributed by atoms with Crippen molar-refractivity contribution in [3.8, 4) is 11.5 Å². The molecule has 36 heavy (non-hydrogen) atoms. The van der Waals surface area contributed by atoms with Crippen LogP contribution in [0.25, 0.3) is 0 Å². The molecule has 0 radical (unpaired) electrons. The Morgan fingerprint density at radius 3 is 2.64 bits per heavy atom. The number of hydrogen-bond acceptors (Lipinski definition) is 7. The van der Waals surface area contributed by atoms with E-state index in [1.165, 1.54) is 5.01 Å². The Balaban J connectivity index is 1.66. The second-order valence-electron chi connectivity index (χ2n) is 8.83. The molecule has 8 nitrogen and oxygen atoms in total. The van der Waals surface area contributed by atoms with Crippen molar-refractivity contribution >= 4 is 29.2 Å². The average molecular weight is 514 g/mol. The van der Waals surface area contributed by atoms with Crippen LogP contribution in [0.2, 0.25) is 5.02 Å². The van der Waals surface area contributed by atoms with Crippen LogP contribution in [-0.4, -0.2) is 67.5 Å². The number of nitrogens with zero attached hydrogens (tertiary/aromatic N) is 3. The first kappa shape index (κ1) is 26.0. The summed E-state index contributed by atoms with van der Waals surface area (Å²) in [6.07, 6.45) is 3.00. The van der Waals surface area contributed by atoms with E-state index in [4.69, 9.17) is 30.9 Å². The Morgan fingerprint density at radius 2 is 1.92 bits per heavy atom. The van der Waals surface area contributed by atoms with Gasteiger partial charge >= 0.3 is 5.97 Å². The number of amides is 1. The number of halogens is 1. The predicted octanol–water partition coefficient (Wildman–Crippen LogP) is 4.45. The van der Waals surface area contributed by atoms with Gasteiger partial charge in [0.25, 0.3) is 5.91 Å². The highest BCUT2D eigenvalue weighted by atomic mass is 35.5. The van der Waals surface area contributed by atoms with Gasteiger partial charge in [-0.3, -0.25) is 14.5 Å². The van der Waals surface area contributed by atoms with Gasteiger partial charge < -0.3 is 14.2 Å². The molecule has 2 heterocycles. The van der Waals surface area contributed by atoms with E-state index >= 15 is 0 Å². The van der Waals surface area contributed by atoms with Gasteiger partial charge in [0.05, 0.1) is 39.1 Å². The minimum absolute atomic E-state index is 0.0672. The van der Waals surface area contributed by atoms with Crippen LogP contribution in [0.1, 0.15) is 49.8 Å². The van der Waals surface area contributed by atoms with E-state index in [0.29, 0.717) is 42.5 Å². The average Bonchev–Trinajstić information content (AvgIpc) is 3.34. The number of hydrogen-bond donors (Lipinski definition) is 0. The van der Waals surface area contributed by atoms with Crippen LogP contribution in [0.3, 0.4) is 0 Å². The van der Waals surface area contributed by atoms with Crippen molar-refractivity contribution < 1.29 is 23.8 Å². The molecule has 2 aromatic rings. The molecule has 0 unspecified atom stereocenters. The molecule has 192 valence electrons. The molecule has 0 aliphatic carbocycles. The van der Waals surface area contributed by atoms with Crippen LogP contribution in [0, 0.1) is 0 Å². The van der Waals surface area contributed by atoms with Gasteiger partial charge in [-0.05, 0) is 44.5 Å². The number of rotatable bonds is 8. The van der Waals surface area contributed by atoms with Crippen molar-refractivity contribution in [2.24, 2.45) is 5.10 Å². The third-order valence-electron chi connectivity index (χ3n) is 6.66. The molecule has 2 aliphatic rings. The molecule has 2 aromatic carbocycles. The SMILES string of the molecule is CCOC(=O)[C@H]1CCCCN1CC(=O)N1N=C(c2ccccc2Cl)C[C@@H]1c1ccc(OC)cc1OC. The Morgan fingerprint density at radius 1 is 1.11 bits per heavy atom. The lowest BCUT2D eigenvalue weighted by molar-refractivity contribution is -0.152. The number of carbonyl (C=O) groups is 2. The fourth-order valence-corrected chi connectivity index (χ4v) is 5.11. The number of ether oxygens (including phenoxy) is 3. The first-order chi connectivity index (χ1) is 17.5. The van der Waals surface area contributed by atoms with Crippen LogP contribution in [0.4, 0.5) is 0 Å². The van der Waals surface area contributed by atoms with Crippen molar-refractivity contribution in [2.75, 3.05) is 33.9 Å². The van der Waals surface area contributed by atoms with E-state index in [9.17, 15) is 9.59 Å². The summed E-state index contributed by atoms with van der Waals surface area (Å²) in [5, 5.41) is 6.84. The van der Waals surface area contributed by atoms with E-state index in [-0.39, 0.29) is 18.4 Å². The van der Waals surface area contributed by atoms with Gasteiger partial charge in [-0.25, -0.2) is 5.01 Å². The molecule has 9 heteroatoms. The summed E-state index contributed by atoms with van der Waals surface area (Å²) in [7, 11) is 3.18. The van der Waals surface area contributed by atoms with Crippen molar-refractivity contribution in [3.05, 3.63) is 58.6 Å². The second-order valence-corrected chi connectivity index (χ2v) is 9.23.